The molecule has 0 unspecified atom stereocenters. The van der Waals surface area contributed by atoms with Gasteiger partial charge in [-0.1, -0.05) is 26.0 Å². The van der Waals surface area contributed by atoms with Gasteiger partial charge in [0.15, 0.2) is 11.7 Å². The lowest BCUT2D eigenvalue weighted by molar-refractivity contribution is -0.169. The van der Waals surface area contributed by atoms with Crippen LogP contribution in [-0.2, 0) is 20.8 Å². The average molecular weight is 411 g/mol. The highest BCUT2D eigenvalue weighted by molar-refractivity contribution is 5.96. The molecule has 0 heterocycles. The molecule has 1 rings (SSSR count). The molecule has 162 valence electrons. The molecule has 0 aliphatic rings. The van der Waals surface area contributed by atoms with Crippen molar-refractivity contribution in [2.45, 2.75) is 44.4 Å². The van der Waals surface area contributed by atoms with Crippen LogP contribution in [0.15, 0.2) is 24.3 Å². The zero-order valence-electron chi connectivity index (χ0n) is 16.9. The van der Waals surface area contributed by atoms with Gasteiger partial charge in [-0.15, -0.1) is 0 Å². The molecule has 0 saturated carbocycles. The summed E-state index contributed by atoms with van der Waals surface area (Å²) < 4.78 is 5.08. The van der Waals surface area contributed by atoms with Gasteiger partial charge in [-0.2, -0.15) is 0 Å². The third kappa shape index (κ3) is 6.41. The molecule has 3 atom stereocenters. The number of hydroxylamine groups is 1. The first-order valence-corrected chi connectivity index (χ1v) is 9.08. The van der Waals surface area contributed by atoms with E-state index < -0.39 is 35.5 Å². The Morgan fingerprint density at radius 2 is 1.72 bits per heavy atom. The number of aliphatic hydroxyl groups is 2. The lowest BCUT2D eigenvalue weighted by Gasteiger charge is -2.33. The third-order valence-electron chi connectivity index (χ3n) is 4.39. The molecule has 0 aliphatic carbocycles. The van der Waals surface area contributed by atoms with Crippen LogP contribution in [0.1, 0.15) is 25.8 Å². The van der Waals surface area contributed by atoms with Crippen LogP contribution >= 0.6 is 0 Å². The number of carbonyl (C=O) groups is 3. The number of nitrogens with one attached hydrogen (secondary N) is 3. The van der Waals surface area contributed by atoms with Crippen LogP contribution in [-0.4, -0.2) is 65.0 Å². The van der Waals surface area contributed by atoms with Crippen LogP contribution in [0.4, 0.5) is 0 Å². The summed E-state index contributed by atoms with van der Waals surface area (Å²) >= 11 is 0. The number of rotatable bonds is 10. The summed E-state index contributed by atoms with van der Waals surface area (Å²) in [6.45, 7) is 3.35. The normalized spacial score (nSPS) is 15.0. The van der Waals surface area contributed by atoms with Crippen molar-refractivity contribution in [1.29, 1.82) is 0 Å². The van der Waals surface area contributed by atoms with Gasteiger partial charge in [0.2, 0.25) is 5.91 Å². The van der Waals surface area contributed by atoms with Crippen molar-refractivity contribution in [3.05, 3.63) is 29.8 Å². The van der Waals surface area contributed by atoms with E-state index in [9.17, 15) is 24.6 Å². The number of benzene rings is 1. The first-order chi connectivity index (χ1) is 13.6. The van der Waals surface area contributed by atoms with Gasteiger partial charge >= 0.3 is 0 Å². The van der Waals surface area contributed by atoms with Gasteiger partial charge in [-0.3, -0.25) is 19.6 Å². The summed E-state index contributed by atoms with van der Waals surface area (Å²) in [5.74, 6) is -2.63. The van der Waals surface area contributed by atoms with E-state index in [-0.39, 0.29) is 18.8 Å². The molecule has 0 bridgehead atoms. The number of hydrogen-bond acceptors (Lipinski definition) is 7. The summed E-state index contributed by atoms with van der Waals surface area (Å²) in [5.41, 5.74) is -0.623. The van der Waals surface area contributed by atoms with Crippen LogP contribution < -0.4 is 20.9 Å². The van der Waals surface area contributed by atoms with E-state index in [1.807, 2.05) is 0 Å². The lowest BCUT2D eigenvalue weighted by Crippen LogP contribution is -2.63. The molecular formula is C19H29N3O7. The fourth-order valence-corrected chi connectivity index (χ4v) is 2.89. The summed E-state index contributed by atoms with van der Waals surface area (Å²) in [6.07, 6.45) is -2.42. The maximum absolute atomic E-state index is 12.8. The number of carbonyl (C=O) groups excluding carboxylic acids is 3. The van der Waals surface area contributed by atoms with E-state index in [0.29, 0.717) is 11.3 Å². The van der Waals surface area contributed by atoms with Gasteiger partial charge in [0.05, 0.1) is 7.11 Å². The highest BCUT2D eigenvalue weighted by atomic mass is 16.5. The highest BCUT2D eigenvalue weighted by Gasteiger charge is 2.48. The Labute approximate surface area is 169 Å². The molecule has 0 aliphatic heterocycles. The summed E-state index contributed by atoms with van der Waals surface area (Å²) in [4.78, 5) is 36.7. The summed E-state index contributed by atoms with van der Waals surface area (Å²) in [7, 11) is 2.91. The predicted molar refractivity (Wildman–Crippen MR) is 103 cm³/mol. The second-order valence-corrected chi connectivity index (χ2v) is 7.09. The Kier molecular flexibility index (Phi) is 9.02. The molecule has 0 spiro atoms. The number of aliphatic hydroxyl groups excluding tert-OH is 1. The third-order valence-corrected chi connectivity index (χ3v) is 4.39. The van der Waals surface area contributed by atoms with E-state index in [2.05, 4.69) is 10.6 Å². The zero-order chi connectivity index (χ0) is 22.2. The largest absolute Gasteiger partial charge is 0.497 e. The summed E-state index contributed by atoms with van der Waals surface area (Å²) in [6, 6.07) is 5.75. The van der Waals surface area contributed by atoms with E-state index in [4.69, 9.17) is 9.94 Å². The number of ether oxygens (including phenoxy) is 1. The fourth-order valence-electron chi connectivity index (χ4n) is 2.89. The van der Waals surface area contributed by atoms with Crippen molar-refractivity contribution in [1.82, 2.24) is 16.1 Å². The Morgan fingerprint density at radius 3 is 2.17 bits per heavy atom. The monoisotopic (exact) mass is 411 g/mol. The van der Waals surface area contributed by atoms with E-state index in [1.54, 1.807) is 38.1 Å². The van der Waals surface area contributed by atoms with Gasteiger partial charge in [-0.05, 0) is 30.0 Å². The molecule has 0 saturated heterocycles. The van der Waals surface area contributed by atoms with Crippen LogP contribution in [0.5, 0.6) is 5.75 Å². The first-order valence-electron chi connectivity index (χ1n) is 9.08. The smallest absolute Gasteiger partial charge is 0.275 e. The van der Waals surface area contributed by atoms with Crippen LogP contribution in [0.2, 0.25) is 0 Å². The van der Waals surface area contributed by atoms with Crippen LogP contribution in [0.25, 0.3) is 0 Å². The van der Waals surface area contributed by atoms with Crippen molar-refractivity contribution in [3.8, 4) is 5.75 Å². The molecule has 0 aromatic heterocycles. The summed E-state index contributed by atoms with van der Waals surface area (Å²) in [5, 5.41) is 34.5. The van der Waals surface area contributed by atoms with Crippen molar-refractivity contribution < 1.29 is 34.5 Å². The first kappa shape index (κ1) is 24.3. The standard InChI is InChI=1S/C19H29N3O7/c1-11(2)10-19(27,15(23)17(25)22-28)18(26)21-14(16(24)20-3)9-12-5-7-13(29-4)8-6-12/h5-8,11,14-15,23,27-28H,9-10H2,1-4H3,(H,20,24)(H,21,26)(H,22,25)/t14-,15+,19-/m0/s1. The SMILES string of the molecule is CNC(=O)[C@H](Cc1ccc(OC)cc1)NC(=O)[C@](O)(CC(C)C)[C@H](O)C(=O)NO. The Balaban J connectivity index is 3.11. The molecular weight excluding hydrogens is 382 g/mol. The van der Waals surface area contributed by atoms with Gasteiger partial charge in [-0.25, -0.2) is 5.48 Å². The molecule has 29 heavy (non-hydrogen) atoms. The Bertz CT molecular complexity index is 708. The predicted octanol–water partition coefficient (Wildman–Crippen LogP) is -0.888. The van der Waals surface area contributed by atoms with Crippen molar-refractivity contribution in [2.24, 2.45) is 5.92 Å². The molecule has 10 heteroatoms. The van der Waals surface area contributed by atoms with E-state index in [0.717, 1.165) is 0 Å². The van der Waals surface area contributed by atoms with Crippen molar-refractivity contribution in [2.75, 3.05) is 14.2 Å². The average Bonchev–Trinajstić information content (AvgIpc) is 2.71. The molecule has 6 N–H and O–H groups in total. The van der Waals surface area contributed by atoms with Gasteiger partial charge in [0, 0.05) is 13.5 Å². The van der Waals surface area contributed by atoms with Crippen LogP contribution in [0.3, 0.4) is 0 Å². The highest BCUT2D eigenvalue weighted by Crippen LogP contribution is 2.23. The molecule has 3 amide bonds. The number of hydrogen-bond donors (Lipinski definition) is 6. The van der Waals surface area contributed by atoms with Gasteiger partial charge in [0.1, 0.15) is 11.8 Å². The van der Waals surface area contributed by atoms with Gasteiger partial charge < -0.3 is 25.6 Å². The minimum Gasteiger partial charge on any atom is -0.497 e. The number of likely N-dealkylation sites (N-methyl/N-ethyl adjacent to an activating group) is 1. The second kappa shape index (κ2) is 10.7. The Hall–Kier alpha value is -2.69. The minimum atomic E-state index is -2.55. The maximum atomic E-state index is 12.8. The van der Waals surface area contributed by atoms with E-state index in [1.165, 1.54) is 19.6 Å². The van der Waals surface area contributed by atoms with E-state index >= 15 is 0 Å². The molecule has 0 radical (unpaired) electrons. The topological polar surface area (TPSA) is 157 Å². The molecule has 10 nitrogen and oxygen atoms in total. The quantitative estimate of drug-likeness (QED) is 0.215. The zero-order valence-corrected chi connectivity index (χ0v) is 16.9. The van der Waals surface area contributed by atoms with Gasteiger partial charge in [0.25, 0.3) is 11.8 Å². The van der Waals surface area contributed by atoms with Crippen molar-refractivity contribution in [3.63, 3.8) is 0 Å². The maximum Gasteiger partial charge on any atom is 0.275 e. The lowest BCUT2D eigenvalue weighted by atomic mass is 9.85. The number of methoxy groups -OCH3 is 1. The van der Waals surface area contributed by atoms with Crippen LogP contribution in [0, 0.1) is 5.92 Å². The minimum absolute atomic E-state index is 0.0927. The number of amides is 3. The second-order valence-electron chi connectivity index (χ2n) is 7.09. The molecule has 0 fully saturated rings. The van der Waals surface area contributed by atoms with Crippen molar-refractivity contribution >= 4 is 17.7 Å². The molecule has 1 aromatic carbocycles. The Morgan fingerprint density at radius 1 is 1.14 bits per heavy atom. The fraction of sp³-hybridized carbons (Fsp3) is 0.526. The molecule has 1 aromatic rings.